The number of hydroxylamine groups is 2. The zero-order chi connectivity index (χ0) is 24.2. The van der Waals surface area contributed by atoms with E-state index in [1.165, 1.54) is 0 Å². The smallest absolute Gasteiger partial charge is 0.228 e. The molecule has 2 atom stereocenters. The number of nitrogens with one attached hydrogen (secondary N) is 2. The van der Waals surface area contributed by atoms with Gasteiger partial charge in [0.25, 0.3) is 0 Å². The van der Waals surface area contributed by atoms with Crippen LogP contribution in [0.3, 0.4) is 0 Å². The van der Waals surface area contributed by atoms with Gasteiger partial charge in [-0.25, -0.2) is 0 Å². The molecule has 32 heavy (non-hydrogen) atoms. The lowest BCUT2D eigenvalue weighted by atomic mass is 9.71. The largest absolute Gasteiger partial charge is 0.388 e. The van der Waals surface area contributed by atoms with E-state index in [1.807, 2.05) is 0 Å². The van der Waals surface area contributed by atoms with Gasteiger partial charge in [0.2, 0.25) is 18.2 Å². The van der Waals surface area contributed by atoms with Crippen molar-refractivity contribution in [2.45, 2.75) is 123 Å². The van der Waals surface area contributed by atoms with Crippen LogP contribution in [-0.2, 0) is 4.84 Å². The second-order valence-corrected chi connectivity index (χ2v) is 11.2. The fourth-order valence-electron chi connectivity index (χ4n) is 4.82. The molecular weight excluding hydrogens is 404 g/mol. The highest BCUT2D eigenvalue weighted by Crippen LogP contribution is 2.44. The third kappa shape index (κ3) is 7.52. The van der Waals surface area contributed by atoms with Crippen molar-refractivity contribution in [2.24, 2.45) is 5.92 Å². The SMILES string of the molecule is CCCC(Nc1n[c]nc(NC(C)CC)n1)C1CC(C)(C)N(OCC(C)(C)O)C(C)(C)C1. The number of piperidine rings is 1. The van der Waals surface area contributed by atoms with Gasteiger partial charge in [-0.3, -0.25) is 4.84 Å². The van der Waals surface area contributed by atoms with Gasteiger partial charge in [0, 0.05) is 23.2 Å². The lowest BCUT2D eigenvalue weighted by Gasteiger charge is -2.55. The second-order valence-electron chi connectivity index (χ2n) is 11.2. The van der Waals surface area contributed by atoms with Gasteiger partial charge in [0.1, 0.15) is 0 Å². The molecule has 0 bridgehead atoms. The number of aromatic nitrogens is 3. The van der Waals surface area contributed by atoms with Crippen LogP contribution in [0.15, 0.2) is 0 Å². The molecule has 1 aromatic rings. The molecule has 1 fully saturated rings. The molecule has 2 unspecified atom stereocenters. The number of nitrogens with zero attached hydrogens (tertiary/aromatic N) is 4. The van der Waals surface area contributed by atoms with Crippen molar-refractivity contribution in [1.29, 1.82) is 0 Å². The van der Waals surface area contributed by atoms with E-state index in [9.17, 15) is 5.11 Å². The van der Waals surface area contributed by atoms with Gasteiger partial charge in [-0.15, -0.1) is 0 Å². The van der Waals surface area contributed by atoms with E-state index in [-0.39, 0.29) is 23.7 Å². The molecule has 0 aromatic carbocycles. The first-order valence-corrected chi connectivity index (χ1v) is 12.1. The summed E-state index contributed by atoms with van der Waals surface area (Å²) in [6, 6.07) is 0.530. The summed E-state index contributed by atoms with van der Waals surface area (Å²) in [4.78, 5) is 19.2. The highest BCUT2D eigenvalue weighted by atomic mass is 16.7. The first-order valence-electron chi connectivity index (χ1n) is 12.1. The lowest BCUT2D eigenvalue weighted by molar-refractivity contribution is -0.303. The number of hydrogen-bond donors (Lipinski definition) is 3. The van der Waals surface area contributed by atoms with Crippen molar-refractivity contribution in [3.63, 3.8) is 0 Å². The van der Waals surface area contributed by atoms with Crippen LogP contribution in [0.25, 0.3) is 0 Å². The fourth-order valence-corrected chi connectivity index (χ4v) is 4.82. The molecule has 8 nitrogen and oxygen atoms in total. The Morgan fingerprint density at radius 2 is 1.69 bits per heavy atom. The van der Waals surface area contributed by atoms with Crippen LogP contribution < -0.4 is 10.6 Å². The Morgan fingerprint density at radius 1 is 1.12 bits per heavy atom. The first kappa shape index (κ1) is 26.7. The zero-order valence-corrected chi connectivity index (χ0v) is 21.6. The van der Waals surface area contributed by atoms with E-state index >= 15 is 0 Å². The second kappa shape index (κ2) is 10.6. The Morgan fingerprint density at radius 3 is 2.19 bits per heavy atom. The molecule has 183 valence electrons. The quantitative estimate of drug-likeness (QED) is 0.456. The summed E-state index contributed by atoms with van der Waals surface area (Å²) in [7, 11) is 0. The molecule has 3 N–H and O–H groups in total. The van der Waals surface area contributed by atoms with Crippen LogP contribution in [-0.4, -0.2) is 60.5 Å². The molecular formula is C24H45N6O2. The number of aliphatic hydroxyl groups is 1. The minimum absolute atomic E-state index is 0.181. The van der Waals surface area contributed by atoms with E-state index in [0.29, 0.717) is 23.9 Å². The molecule has 1 aromatic heterocycles. The van der Waals surface area contributed by atoms with Crippen molar-refractivity contribution in [3.8, 4) is 0 Å². The van der Waals surface area contributed by atoms with Crippen LogP contribution in [0, 0.1) is 12.2 Å². The van der Waals surface area contributed by atoms with Crippen LogP contribution >= 0.6 is 0 Å². The zero-order valence-electron chi connectivity index (χ0n) is 21.6. The summed E-state index contributed by atoms with van der Waals surface area (Å²) < 4.78 is 0. The van der Waals surface area contributed by atoms with E-state index in [0.717, 1.165) is 32.1 Å². The van der Waals surface area contributed by atoms with Crippen molar-refractivity contribution < 1.29 is 9.94 Å². The van der Waals surface area contributed by atoms with Crippen LogP contribution in [0.1, 0.15) is 94.4 Å². The lowest BCUT2D eigenvalue weighted by Crippen LogP contribution is -2.62. The van der Waals surface area contributed by atoms with Gasteiger partial charge in [-0.1, -0.05) is 20.3 Å². The van der Waals surface area contributed by atoms with Crippen molar-refractivity contribution >= 4 is 11.9 Å². The molecule has 1 aliphatic heterocycles. The summed E-state index contributed by atoms with van der Waals surface area (Å²) in [5.74, 6) is 1.55. The van der Waals surface area contributed by atoms with E-state index in [1.54, 1.807) is 13.8 Å². The number of anilines is 2. The predicted octanol–water partition coefficient (Wildman–Crippen LogP) is 4.43. The summed E-state index contributed by atoms with van der Waals surface area (Å²) in [6.45, 7) is 19.1. The standard InChI is InChI=1S/C24H45N6O2/c1-10-12-19(28-21-26-16-25-20(29-21)27-17(3)11-2)18-13-22(4,5)30(23(6,7)14-18)32-15-24(8,9)31/h17-19,31H,10-15H2,1-9H3,(H2,25,26,27,28,29). The van der Waals surface area contributed by atoms with Crippen LogP contribution in [0.4, 0.5) is 11.9 Å². The minimum Gasteiger partial charge on any atom is -0.388 e. The van der Waals surface area contributed by atoms with Gasteiger partial charge in [-0.2, -0.15) is 20.0 Å². The van der Waals surface area contributed by atoms with Gasteiger partial charge in [0.05, 0.1) is 12.2 Å². The summed E-state index contributed by atoms with van der Waals surface area (Å²) in [5, 5.41) is 19.2. The van der Waals surface area contributed by atoms with E-state index in [2.05, 4.69) is 85.4 Å². The van der Waals surface area contributed by atoms with Gasteiger partial charge in [-0.05, 0) is 80.1 Å². The minimum atomic E-state index is -0.870. The number of hydrogen-bond acceptors (Lipinski definition) is 8. The van der Waals surface area contributed by atoms with Gasteiger partial charge < -0.3 is 15.7 Å². The topological polar surface area (TPSA) is 95.4 Å². The van der Waals surface area contributed by atoms with Crippen molar-refractivity contribution in [3.05, 3.63) is 6.33 Å². The van der Waals surface area contributed by atoms with Crippen molar-refractivity contribution in [2.75, 3.05) is 17.2 Å². The van der Waals surface area contributed by atoms with Crippen LogP contribution in [0.2, 0.25) is 0 Å². The maximum Gasteiger partial charge on any atom is 0.228 e. The predicted molar refractivity (Wildman–Crippen MR) is 129 cm³/mol. The molecule has 1 saturated heterocycles. The molecule has 1 aliphatic rings. The Bertz CT molecular complexity index is 701. The maximum absolute atomic E-state index is 10.2. The molecule has 2 heterocycles. The third-order valence-corrected chi connectivity index (χ3v) is 6.16. The van der Waals surface area contributed by atoms with Crippen LogP contribution in [0.5, 0.6) is 0 Å². The number of rotatable bonds is 11. The maximum atomic E-state index is 10.2. The summed E-state index contributed by atoms with van der Waals surface area (Å²) in [6.07, 6.45) is 7.76. The monoisotopic (exact) mass is 449 g/mol. The Balaban J connectivity index is 2.18. The Labute approximate surface area is 194 Å². The molecule has 8 heteroatoms. The molecule has 0 amide bonds. The fraction of sp³-hybridized carbons (Fsp3) is 0.875. The average Bonchev–Trinajstić information content (AvgIpc) is 2.65. The molecule has 0 spiro atoms. The van der Waals surface area contributed by atoms with E-state index < -0.39 is 5.60 Å². The molecule has 1 radical (unpaired) electrons. The highest BCUT2D eigenvalue weighted by Gasteiger charge is 2.48. The third-order valence-electron chi connectivity index (χ3n) is 6.16. The molecule has 2 rings (SSSR count). The molecule has 0 saturated carbocycles. The summed E-state index contributed by atoms with van der Waals surface area (Å²) in [5.41, 5.74) is -1.23. The Hall–Kier alpha value is -1.51. The first-order chi connectivity index (χ1) is 14.8. The molecule has 0 aliphatic carbocycles. The Kier molecular flexibility index (Phi) is 8.87. The van der Waals surface area contributed by atoms with Gasteiger partial charge in [0.15, 0.2) is 0 Å². The van der Waals surface area contributed by atoms with Crippen molar-refractivity contribution in [1.82, 2.24) is 20.0 Å². The summed E-state index contributed by atoms with van der Waals surface area (Å²) >= 11 is 0. The normalized spacial score (nSPS) is 21.2. The van der Waals surface area contributed by atoms with E-state index in [4.69, 9.17) is 4.84 Å². The average molecular weight is 450 g/mol. The van der Waals surface area contributed by atoms with Gasteiger partial charge >= 0.3 is 0 Å². The highest BCUT2D eigenvalue weighted by molar-refractivity contribution is 5.34.